The summed E-state index contributed by atoms with van der Waals surface area (Å²) in [6, 6.07) is 4.05. The molecule has 1 atom stereocenters. The van der Waals surface area contributed by atoms with Crippen molar-refractivity contribution in [3.05, 3.63) is 34.6 Å². The third-order valence-corrected chi connectivity index (χ3v) is 3.29. The summed E-state index contributed by atoms with van der Waals surface area (Å²) in [5.74, 6) is -0.942. The van der Waals surface area contributed by atoms with Gasteiger partial charge in [0.2, 0.25) is 0 Å². The Morgan fingerprint density at radius 1 is 1.44 bits per heavy atom. The van der Waals surface area contributed by atoms with Crippen LogP contribution in [-0.2, 0) is 0 Å². The Hall–Kier alpha value is -1.13. The number of halogens is 2. The van der Waals surface area contributed by atoms with Crippen molar-refractivity contribution in [2.24, 2.45) is 0 Å². The van der Waals surface area contributed by atoms with Crippen molar-refractivity contribution in [1.29, 1.82) is 0 Å². The van der Waals surface area contributed by atoms with E-state index in [9.17, 15) is 9.18 Å². The maximum atomic E-state index is 13.5. The third kappa shape index (κ3) is 3.43. The molecule has 18 heavy (non-hydrogen) atoms. The quantitative estimate of drug-likeness (QED) is 0.866. The predicted molar refractivity (Wildman–Crippen MR) is 69.4 cm³/mol. The summed E-state index contributed by atoms with van der Waals surface area (Å²) < 4.78 is 13.5. The van der Waals surface area contributed by atoms with Gasteiger partial charge in [-0.1, -0.05) is 18.0 Å². The van der Waals surface area contributed by atoms with Gasteiger partial charge in [0.25, 0.3) is 5.91 Å². The van der Waals surface area contributed by atoms with Gasteiger partial charge in [-0.25, -0.2) is 4.39 Å². The molecule has 98 valence electrons. The van der Waals surface area contributed by atoms with Crippen molar-refractivity contribution in [2.45, 2.75) is 25.3 Å². The van der Waals surface area contributed by atoms with Crippen molar-refractivity contribution in [2.75, 3.05) is 13.1 Å². The zero-order valence-corrected chi connectivity index (χ0v) is 10.8. The van der Waals surface area contributed by atoms with Gasteiger partial charge in [-0.2, -0.15) is 0 Å². The highest BCUT2D eigenvalue weighted by Gasteiger charge is 2.18. The second-order valence-electron chi connectivity index (χ2n) is 4.49. The van der Waals surface area contributed by atoms with Crippen molar-refractivity contribution in [3.8, 4) is 0 Å². The Labute approximate surface area is 111 Å². The maximum Gasteiger partial charge on any atom is 0.254 e. The Morgan fingerprint density at radius 3 is 3.11 bits per heavy atom. The average Bonchev–Trinajstić information content (AvgIpc) is 2.61. The van der Waals surface area contributed by atoms with E-state index in [1.165, 1.54) is 18.2 Å². The number of nitrogens with one attached hydrogen (secondary N) is 2. The van der Waals surface area contributed by atoms with E-state index >= 15 is 0 Å². The van der Waals surface area contributed by atoms with Crippen LogP contribution in [0.1, 0.15) is 29.6 Å². The molecular formula is C13H16ClFN2O. The second-order valence-corrected chi connectivity index (χ2v) is 4.93. The number of hydrogen-bond acceptors (Lipinski definition) is 2. The van der Waals surface area contributed by atoms with Gasteiger partial charge in [0.1, 0.15) is 5.82 Å². The normalized spacial score (nSPS) is 20.2. The minimum absolute atomic E-state index is 0.00625. The molecule has 2 N–H and O–H groups in total. The first kappa shape index (κ1) is 13.3. The lowest BCUT2D eigenvalue weighted by Gasteiger charge is -2.16. The van der Waals surface area contributed by atoms with Crippen LogP contribution in [0.4, 0.5) is 4.39 Å². The molecule has 0 aromatic heterocycles. The predicted octanol–water partition coefficient (Wildman–Crippen LogP) is 2.35. The first-order chi connectivity index (χ1) is 8.66. The van der Waals surface area contributed by atoms with Crippen LogP contribution in [0.15, 0.2) is 18.2 Å². The monoisotopic (exact) mass is 270 g/mol. The highest BCUT2D eigenvalue weighted by molar-refractivity contribution is 6.31. The SMILES string of the molecule is O=C(NC1CCCCNC1)c1cc(Cl)ccc1F. The molecule has 5 heteroatoms. The summed E-state index contributed by atoms with van der Waals surface area (Å²) in [6.07, 6.45) is 3.09. The Balaban J connectivity index is 2.04. The lowest BCUT2D eigenvalue weighted by molar-refractivity contribution is 0.0931. The first-order valence-corrected chi connectivity index (χ1v) is 6.51. The van der Waals surface area contributed by atoms with Gasteiger partial charge in [-0.15, -0.1) is 0 Å². The largest absolute Gasteiger partial charge is 0.348 e. The number of hydrogen-bond donors (Lipinski definition) is 2. The van der Waals surface area contributed by atoms with E-state index in [4.69, 9.17) is 11.6 Å². The first-order valence-electron chi connectivity index (χ1n) is 6.13. The van der Waals surface area contributed by atoms with Crippen LogP contribution >= 0.6 is 11.6 Å². The van der Waals surface area contributed by atoms with E-state index in [0.717, 1.165) is 32.4 Å². The lowest BCUT2D eigenvalue weighted by Crippen LogP contribution is -2.41. The van der Waals surface area contributed by atoms with Gasteiger partial charge < -0.3 is 10.6 Å². The molecule has 0 bridgehead atoms. The summed E-state index contributed by atoms with van der Waals surface area (Å²) in [6.45, 7) is 1.70. The summed E-state index contributed by atoms with van der Waals surface area (Å²) in [7, 11) is 0. The molecule has 0 aliphatic carbocycles. The van der Waals surface area contributed by atoms with Crippen LogP contribution in [0, 0.1) is 5.82 Å². The van der Waals surface area contributed by atoms with E-state index in [1.807, 2.05) is 0 Å². The van der Waals surface area contributed by atoms with Gasteiger partial charge in [0.15, 0.2) is 0 Å². The van der Waals surface area contributed by atoms with E-state index in [1.54, 1.807) is 0 Å². The molecule has 1 unspecified atom stereocenters. The molecular weight excluding hydrogens is 255 g/mol. The smallest absolute Gasteiger partial charge is 0.254 e. The van der Waals surface area contributed by atoms with Crippen molar-refractivity contribution in [1.82, 2.24) is 10.6 Å². The molecule has 1 aromatic carbocycles. The van der Waals surface area contributed by atoms with Crippen LogP contribution in [0.3, 0.4) is 0 Å². The van der Waals surface area contributed by atoms with Gasteiger partial charge in [-0.05, 0) is 37.6 Å². The highest BCUT2D eigenvalue weighted by Crippen LogP contribution is 2.15. The molecule has 1 aromatic rings. The van der Waals surface area contributed by atoms with E-state index < -0.39 is 11.7 Å². The molecule has 1 heterocycles. The summed E-state index contributed by atoms with van der Waals surface area (Å²) >= 11 is 5.77. The zero-order valence-electron chi connectivity index (χ0n) is 10.0. The summed E-state index contributed by atoms with van der Waals surface area (Å²) in [5.41, 5.74) is 0.00625. The molecule has 1 amide bonds. The zero-order chi connectivity index (χ0) is 13.0. The molecule has 1 saturated heterocycles. The summed E-state index contributed by atoms with van der Waals surface area (Å²) in [5, 5.41) is 6.45. The van der Waals surface area contributed by atoms with Crippen LogP contribution in [0.2, 0.25) is 5.02 Å². The number of benzene rings is 1. The number of amides is 1. The molecule has 1 aliphatic rings. The number of carbonyl (C=O) groups is 1. The van der Waals surface area contributed by atoms with Gasteiger partial charge in [0.05, 0.1) is 5.56 Å². The fraction of sp³-hybridized carbons (Fsp3) is 0.462. The molecule has 0 radical (unpaired) electrons. The fourth-order valence-corrected chi connectivity index (χ4v) is 2.25. The standard InChI is InChI=1S/C13H16ClFN2O/c14-9-4-5-12(15)11(7-9)13(18)17-10-3-1-2-6-16-8-10/h4-5,7,10,16H,1-3,6,8H2,(H,17,18). The van der Waals surface area contributed by atoms with Crippen LogP contribution in [0.25, 0.3) is 0 Å². The minimum Gasteiger partial charge on any atom is -0.348 e. The Bertz CT molecular complexity index is 431. The number of rotatable bonds is 2. The van der Waals surface area contributed by atoms with Crippen molar-refractivity contribution in [3.63, 3.8) is 0 Å². The molecule has 0 saturated carbocycles. The highest BCUT2D eigenvalue weighted by atomic mass is 35.5. The maximum absolute atomic E-state index is 13.5. The molecule has 1 fully saturated rings. The fourth-order valence-electron chi connectivity index (χ4n) is 2.08. The molecule has 0 spiro atoms. The van der Waals surface area contributed by atoms with E-state index in [-0.39, 0.29) is 11.6 Å². The second kappa shape index (κ2) is 6.16. The van der Waals surface area contributed by atoms with Crippen molar-refractivity contribution >= 4 is 17.5 Å². The Kier molecular flexibility index (Phi) is 4.55. The van der Waals surface area contributed by atoms with Gasteiger partial charge in [-0.3, -0.25) is 4.79 Å². The lowest BCUT2D eigenvalue weighted by atomic mass is 10.1. The topological polar surface area (TPSA) is 41.1 Å². The minimum atomic E-state index is -0.543. The Morgan fingerprint density at radius 2 is 2.28 bits per heavy atom. The molecule has 3 nitrogen and oxygen atoms in total. The van der Waals surface area contributed by atoms with Gasteiger partial charge >= 0.3 is 0 Å². The number of carbonyl (C=O) groups excluding carboxylic acids is 1. The van der Waals surface area contributed by atoms with Crippen molar-refractivity contribution < 1.29 is 9.18 Å². The van der Waals surface area contributed by atoms with E-state index in [0.29, 0.717) is 5.02 Å². The van der Waals surface area contributed by atoms with E-state index in [2.05, 4.69) is 10.6 Å². The third-order valence-electron chi connectivity index (χ3n) is 3.06. The molecule has 1 aliphatic heterocycles. The van der Waals surface area contributed by atoms with Crippen LogP contribution in [-0.4, -0.2) is 25.0 Å². The van der Waals surface area contributed by atoms with Crippen LogP contribution < -0.4 is 10.6 Å². The average molecular weight is 271 g/mol. The van der Waals surface area contributed by atoms with Gasteiger partial charge in [0, 0.05) is 17.6 Å². The summed E-state index contributed by atoms with van der Waals surface area (Å²) in [4.78, 5) is 12.0. The van der Waals surface area contributed by atoms with Crippen LogP contribution in [0.5, 0.6) is 0 Å². The molecule has 2 rings (SSSR count).